The Morgan fingerprint density at radius 1 is 1.33 bits per heavy atom. The van der Waals surface area contributed by atoms with Crippen molar-refractivity contribution in [2.24, 2.45) is 5.41 Å². The van der Waals surface area contributed by atoms with Crippen molar-refractivity contribution in [1.29, 1.82) is 0 Å². The second kappa shape index (κ2) is 6.75. The number of carbonyl (C=O) groups is 2. The summed E-state index contributed by atoms with van der Waals surface area (Å²) in [5.41, 5.74) is 0.775. The number of rotatable bonds is 4. The number of nitrogens with one attached hydrogen (secondary N) is 1. The van der Waals surface area contributed by atoms with Gasteiger partial charge in [-0.15, -0.1) is 0 Å². The van der Waals surface area contributed by atoms with Crippen LogP contribution in [0.1, 0.15) is 51.0 Å². The summed E-state index contributed by atoms with van der Waals surface area (Å²) in [4.78, 5) is 27.9. The Morgan fingerprint density at radius 2 is 2.08 bits per heavy atom. The summed E-state index contributed by atoms with van der Waals surface area (Å²) < 4.78 is 0. The van der Waals surface area contributed by atoms with E-state index >= 15 is 0 Å². The van der Waals surface area contributed by atoms with Crippen LogP contribution in [0.2, 0.25) is 5.02 Å². The highest BCUT2D eigenvalue weighted by molar-refractivity contribution is 6.31. The molecule has 24 heavy (non-hydrogen) atoms. The van der Waals surface area contributed by atoms with E-state index in [1.807, 2.05) is 17.9 Å². The summed E-state index contributed by atoms with van der Waals surface area (Å²) >= 11 is 6.03. The molecule has 1 aromatic carbocycles. The molecule has 3 rings (SSSR count). The Kier molecular flexibility index (Phi) is 4.86. The molecule has 1 aromatic rings. The van der Waals surface area contributed by atoms with Gasteiger partial charge in [0.2, 0.25) is 11.8 Å². The van der Waals surface area contributed by atoms with Gasteiger partial charge >= 0.3 is 0 Å². The van der Waals surface area contributed by atoms with Crippen LogP contribution in [-0.4, -0.2) is 29.3 Å². The third kappa shape index (κ3) is 3.16. The highest BCUT2D eigenvalue weighted by atomic mass is 35.5. The summed E-state index contributed by atoms with van der Waals surface area (Å²) in [7, 11) is 0. The van der Waals surface area contributed by atoms with E-state index in [0.29, 0.717) is 23.6 Å². The van der Waals surface area contributed by atoms with Gasteiger partial charge < -0.3 is 10.2 Å². The van der Waals surface area contributed by atoms with Crippen LogP contribution in [-0.2, 0) is 9.59 Å². The molecule has 2 amide bonds. The van der Waals surface area contributed by atoms with E-state index in [9.17, 15) is 9.59 Å². The minimum absolute atomic E-state index is 0.0197. The fourth-order valence-electron chi connectivity index (χ4n) is 3.60. The van der Waals surface area contributed by atoms with Crippen LogP contribution < -0.4 is 5.32 Å². The van der Waals surface area contributed by atoms with Crippen molar-refractivity contribution in [3.63, 3.8) is 0 Å². The lowest BCUT2D eigenvalue weighted by Gasteiger charge is -2.37. The second-order valence-electron chi connectivity index (χ2n) is 7.05. The fraction of sp³-hybridized carbons (Fsp3) is 0.579. The van der Waals surface area contributed by atoms with Gasteiger partial charge in [-0.1, -0.05) is 24.6 Å². The number of halogens is 1. The van der Waals surface area contributed by atoms with Gasteiger partial charge in [-0.2, -0.15) is 0 Å². The maximum Gasteiger partial charge on any atom is 0.240 e. The van der Waals surface area contributed by atoms with E-state index in [-0.39, 0.29) is 17.9 Å². The zero-order chi connectivity index (χ0) is 17.3. The first-order chi connectivity index (χ1) is 11.5. The van der Waals surface area contributed by atoms with Crippen LogP contribution in [0.5, 0.6) is 0 Å². The number of carbonyl (C=O) groups excluding carboxylic acids is 2. The molecule has 1 N–H and O–H groups in total. The van der Waals surface area contributed by atoms with Gasteiger partial charge in [-0.25, -0.2) is 0 Å². The minimum Gasteiger partial charge on any atom is -0.339 e. The standard InChI is InChI=1S/C19H25ClN2O2/c1-3-15-6-4-5-11-22(15)18(24)19(9-10-19)17(23)21-16-12-14(20)8-7-13(16)2/h7-8,12,15H,3-6,9-11H2,1-2H3,(H,21,23). The molecule has 0 aromatic heterocycles. The fourth-order valence-corrected chi connectivity index (χ4v) is 3.77. The molecule has 0 spiro atoms. The number of piperidine rings is 1. The van der Waals surface area contributed by atoms with E-state index in [1.165, 1.54) is 6.42 Å². The number of hydrogen-bond donors (Lipinski definition) is 1. The summed E-state index contributed by atoms with van der Waals surface area (Å²) in [6.45, 7) is 4.82. The van der Waals surface area contributed by atoms with Crippen molar-refractivity contribution in [1.82, 2.24) is 4.90 Å². The smallest absolute Gasteiger partial charge is 0.240 e. The summed E-state index contributed by atoms with van der Waals surface area (Å²) in [5.74, 6) is -0.162. The van der Waals surface area contributed by atoms with Crippen LogP contribution in [0.15, 0.2) is 18.2 Å². The normalized spacial score (nSPS) is 22.1. The molecule has 1 saturated carbocycles. The molecule has 1 unspecified atom stereocenters. The van der Waals surface area contributed by atoms with Crippen LogP contribution in [0.25, 0.3) is 0 Å². The lowest BCUT2D eigenvalue weighted by atomic mass is 9.95. The Hall–Kier alpha value is -1.55. The maximum absolute atomic E-state index is 13.1. The highest BCUT2D eigenvalue weighted by Gasteiger charge is 2.58. The molecule has 1 aliphatic heterocycles. The van der Waals surface area contributed by atoms with Crippen molar-refractivity contribution in [2.45, 2.75) is 58.4 Å². The highest BCUT2D eigenvalue weighted by Crippen LogP contribution is 2.49. The number of anilines is 1. The van der Waals surface area contributed by atoms with Crippen molar-refractivity contribution in [3.05, 3.63) is 28.8 Å². The Balaban J connectivity index is 1.76. The number of benzene rings is 1. The monoisotopic (exact) mass is 348 g/mol. The zero-order valence-corrected chi connectivity index (χ0v) is 15.2. The summed E-state index contributed by atoms with van der Waals surface area (Å²) in [6.07, 6.45) is 5.50. The van der Waals surface area contributed by atoms with E-state index in [1.54, 1.807) is 12.1 Å². The van der Waals surface area contributed by atoms with Crippen molar-refractivity contribution in [3.8, 4) is 0 Å². The molecule has 2 aliphatic rings. The number of hydrogen-bond acceptors (Lipinski definition) is 2. The lowest BCUT2D eigenvalue weighted by Crippen LogP contribution is -2.49. The molecule has 5 heteroatoms. The predicted molar refractivity (Wildman–Crippen MR) is 96.1 cm³/mol. The molecule has 2 fully saturated rings. The van der Waals surface area contributed by atoms with Gasteiger partial charge in [0.05, 0.1) is 0 Å². The first-order valence-corrected chi connectivity index (χ1v) is 9.24. The average molecular weight is 349 g/mol. The molecular weight excluding hydrogens is 324 g/mol. The Labute approximate surface area is 148 Å². The van der Waals surface area contributed by atoms with Crippen molar-refractivity contribution in [2.75, 3.05) is 11.9 Å². The van der Waals surface area contributed by atoms with Crippen LogP contribution >= 0.6 is 11.6 Å². The Bertz CT molecular complexity index is 655. The minimum atomic E-state index is -0.862. The maximum atomic E-state index is 13.1. The molecule has 0 radical (unpaired) electrons. The molecule has 0 bridgehead atoms. The van der Waals surface area contributed by atoms with Gasteiger partial charge in [-0.3, -0.25) is 9.59 Å². The largest absolute Gasteiger partial charge is 0.339 e. The summed E-state index contributed by atoms with van der Waals surface area (Å²) in [6, 6.07) is 5.69. The van der Waals surface area contributed by atoms with Gasteiger partial charge in [0, 0.05) is 23.3 Å². The number of amides is 2. The van der Waals surface area contributed by atoms with Crippen LogP contribution in [0, 0.1) is 12.3 Å². The number of likely N-dealkylation sites (tertiary alicyclic amines) is 1. The topological polar surface area (TPSA) is 49.4 Å². The first-order valence-electron chi connectivity index (χ1n) is 8.86. The van der Waals surface area contributed by atoms with Crippen molar-refractivity contribution < 1.29 is 9.59 Å². The molecule has 130 valence electrons. The van der Waals surface area contributed by atoms with E-state index in [0.717, 1.165) is 31.4 Å². The third-order valence-corrected chi connectivity index (χ3v) is 5.64. The SMILES string of the molecule is CCC1CCCCN1C(=O)C1(C(=O)Nc2cc(Cl)ccc2C)CC1. The van der Waals surface area contributed by atoms with Gasteiger partial charge in [0.15, 0.2) is 0 Å². The molecule has 1 heterocycles. The van der Waals surface area contributed by atoms with Gasteiger partial charge in [-0.05, 0) is 63.1 Å². The third-order valence-electron chi connectivity index (χ3n) is 5.40. The first kappa shape index (κ1) is 17.3. The number of nitrogens with zero attached hydrogens (tertiary/aromatic N) is 1. The van der Waals surface area contributed by atoms with E-state index in [2.05, 4.69) is 12.2 Å². The quantitative estimate of drug-likeness (QED) is 0.830. The predicted octanol–water partition coefficient (Wildman–Crippen LogP) is 4.16. The van der Waals surface area contributed by atoms with E-state index < -0.39 is 5.41 Å². The second-order valence-corrected chi connectivity index (χ2v) is 7.49. The van der Waals surface area contributed by atoms with E-state index in [4.69, 9.17) is 11.6 Å². The number of aryl methyl sites for hydroxylation is 1. The van der Waals surface area contributed by atoms with Crippen LogP contribution in [0.3, 0.4) is 0 Å². The average Bonchev–Trinajstić information content (AvgIpc) is 3.39. The molecule has 1 atom stereocenters. The van der Waals surface area contributed by atoms with Gasteiger partial charge in [0.1, 0.15) is 5.41 Å². The zero-order valence-electron chi connectivity index (χ0n) is 14.4. The van der Waals surface area contributed by atoms with Gasteiger partial charge in [0.25, 0.3) is 0 Å². The summed E-state index contributed by atoms with van der Waals surface area (Å²) in [5, 5.41) is 3.51. The molecule has 1 saturated heterocycles. The van der Waals surface area contributed by atoms with Crippen LogP contribution in [0.4, 0.5) is 5.69 Å². The molecule has 4 nitrogen and oxygen atoms in total. The Morgan fingerprint density at radius 3 is 2.75 bits per heavy atom. The molecule has 1 aliphatic carbocycles. The lowest BCUT2D eigenvalue weighted by molar-refractivity contribution is -0.145. The van der Waals surface area contributed by atoms with Crippen molar-refractivity contribution >= 4 is 29.1 Å². The molecular formula is C19H25ClN2O2.